The van der Waals surface area contributed by atoms with Gasteiger partial charge < -0.3 is 16.4 Å². The first-order valence-electron chi connectivity index (χ1n) is 5.00. The molecule has 4 N–H and O–H groups in total. The molecule has 1 aromatic rings. The molecule has 0 aromatic heterocycles. The predicted molar refractivity (Wildman–Crippen MR) is 69.6 cm³/mol. The zero-order valence-corrected chi connectivity index (χ0v) is 10.1. The number of carbonyl (C=O) groups is 1. The number of thiocarbonyl (C=S) groups is 1. The molecule has 0 saturated heterocycles. The van der Waals surface area contributed by atoms with Gasteiger partial charge >= 0.3 is 0 Å². The lowest BCUT2D eigenvalue weighted by molar-refractivity contribution is 0.0955. The lowest BCUT2D eigenvalue weighted by Crippen LogP contribution is -2.25. The number of rotatable bonds is 3. The number of hydrogen-bond acceptors (Lipinski definition) is 2. The average molecular weight is 237 g/mol. The zero-order valence-electron chi connectivity index (χ0n) is 9.33. The van der Waals surface area contributed by atoms with Crippen molar-refractivity contribution in [2.75, 3.05) is 11.9 Å². The standard InChI is InChI=1S/C11H15N3OS/c1-3-13-10(15)8-5-4-6-9(7(8)2)14-11(12)16/h4-6H,3H2,1-2H3,(H,13,15)(H3,12,14,16). The topological polar surface area (TPSA) is 67.2 Å². The summed E-state index contributed by atoms with van der Waals surface area (Å²) in [6.07, 6.45) is 0. The van der Waals surface area contributed by atoms with Gasteiger partial charge in [0.2, 0.25) is 0 Å². The van der Waals surface area contributed by atoms with Gasteiger partial charge in [-0.1, -0.05) is 6.07 Å². The summed E-state index contributed by atoms with van der Waals surface area (Å²) in [4.78, 5) is 11.7. The fraction of sp³-hybridized carbons (Fsp3) is 0.273. The molecule has 0 radical (unpaired) electrons. The fourth-order valence-corrected chi connectivity index (χ4v) is 1.52. The van der Waals surface area contributed by atoms with Gasteiger partial charge in [-0.2, -0.15) is 0 Å². The highest BCUT2D eigenvalue weighted by molar-refractivity contribution is 7.80. The van der Waals surface area contributed by atoms with Gasteiger partial charge in [0.05, 0.1) is 0 Å². The van der Waals surface area contributed by atoms with Crippen LogP contribution in [0.1, 0.15) is 22.8 Å². The Morgan fingerprint density at radius 1 is 1.50 bits per heavy atom. The molecule has 0 aliphatic carbocycles. The summed E-state index contributed by atoms with van der Waals surface area (Å²) in [6.45, 7) is 4.33. The molecule has 86 valence electrons. The second-order valence-electron chi connectivity index (χ2n) is 3.33. The van der Waals surface area contributed by atoms with Gasteiger partial charge in [-0.25, -0.2) is 0 Å². The Morgan fingerprint density at radius 3 is 2.75 bits per heavy atom. The number of nitrogens with one attached hydrogen (secondary N) is 2. The van der Waals surface area contributed by atoms with Gasteiger partial charge in [-0.15, -0.1) is 0 Å². The Kier molecular flexibility index (Phi) is 4.25. The van der Waals surface area contributed by atoms with Crippen molar-refractivity contribution in [3.05, 3.63) is 29.3 Å². The van der Waals surface area contributed by atoms with E-state index >= 15 is 0 Å². The summed E-state index contributed by atoms with van der Waals surface area (Å²) in [5.41, 5.74) is 7.62. The molecule has 1 amide bonds. The minimum Gasteiger partial charge on any atom is -0.376 e. The van der Waals surface area contributed by atoms with E-state index < -0.39 is 0 Å². The number of benzene rings is 1. The van der Waals surface area contributed by atoms with Crippen LogP contribution in [0.2, 0.25) is 0 Å². The third kappa shape index (κ3) is 2.93. The normalized spacial score (nSPS) is 9.62. The molecule has 0 fully saturated rings. The van der Waals surface area contributed by atoms with Gasteiger partial charge in [0, 0.05) is 17.8 Å². The molecule has 5 heteroatoms. The second-order valence-corrected chi connectivity index (χ2v) is 3.77. The maximum Gasteiger partial charge on any atom is 0.251 e. The quantitative estimate of drug-likeness (QED) is 0.695. The van der Waals surface area contributed by atoms with Crippen molar-refractivity contribution in [3.8, 4) is 0 Å². The highest BCUT2D eigenvalue weighted by atomic mass is 32.1. The van der Waals surface area contributed by atoms with E-state index in [1.54, 1.807) is 12.1 Å². The minimum atomic E-state index is -0.0911. The van der Waals surface area contributed by atoms with E-state index in [2.05, 4.69) is 10.6 Å². The van der Waals surface area contributed by atoms with Crippen LogP contribution in [0.25, 0.3) is 0 Å². The number of hydrogen-bond donors (Lipinski definition) is 3. The zero-order chi connectivity index (χ0) is 12.1. The van der Waals surface area contributed by atoms with Crippen molar-refractivity contribution in [2.24, 2.45) is 5.73 Å². The maximum atomic E-state index is 11.7. The van der Waals surface area contributed by atoms with Crippen molar-refractivity contribution >= 4 is 28.9 Å². The van der Waals surface area contributed by atoms with E-state index in [1.165, 1.54) is 0 Å². The van der Waals surface area contributed by atoms with Gasteiger partial charge in [0.15, 0.2) is 5.11 Å². The molecule has 4 nitrogen and oxygen atoms in total. The Balaban J connectivity index is 3.03. The molecule has 0 aliphatic rings. The Hall–Kier alpha value is -1.62. The van der Waals surface area contributed by atoms with Crippen LogP contribution in [-0.4, -0.2) is 17.6 Å². The molecule has 0 bridgehead atoms. The Labute approximate surface area is 100 Å². The minimum absolute atomic E-state index is 0.0911. The second kappa shape index (κ2) is 5.46. The molecule has 0 atom stereocenters. The summed E-state index contributed by atoms with van der Waals surface area (Å²) in [5.74, 6) is -0.0911. The van der Waals surface area contributed by atoms with Crippen LogP contribution in [0.3, 0.4) is 0 Å². The molecule has 16 heavy (non-hydrogen) atoms. The smallest absolute Gasteiger partial charge is 0.251 e. The average Bonchev–Trinajstić information content (AvgIpc) is 2.21. The van der Waals surface area contributed by atoms with Crippen LogP contribution >= 0.6 is 12.2 Å². The summed E-state index contributed by atoms with van der Waals surface area (Å²) in [5, 5.41) is 5.78. The molecule has 0 aliphatic heterocycles. The van der Waals surface area contributed by atoms with Crippen LogP contribution in [0.4, 0.5) is 5.69 Å². The summed E-state index contributed by atoms with van der Waals surface area (Å²) >= 11 is 4.76. The van der Waals surface area contributed by atoms with Crippen LogP contribution in [0.15, 0.2) is 18.2 Å². The highest BCUT2D eigenvalue weighted by Gasteiger charge is 2.10. The van der Waals surface area contributed by atoms with E-state index in [0.29, 0.717) is 12.1 Å². The first-order valence-corrected chi connectivity index (χ1v) is 5.41. The molecule has 1 rings (SSSR count). The van der Waals surface area contributed by atoms with E-state index in [-0.39, 0.29) is 11.0 Å². The van der Waals surface area contributed by atoms with Gasteiger partial charge in [-0.3, -0.25) is 4.79 Å². The first-order chi connectivity index (χ1) is 7.56. The largest absolute Gasteiger partial charge is 0.376 e. The predicted octanol–water partition coefficient (Wildman–Crippen LogP) is 1.40. The molecule has 0 spiro atoms. The van der Waals surface area contributed by atoms with Crippen LogP contribution in [-0.2, 0) is 0 Å². The van der Waals surface area contributed by atoms with Crippen molar-refractivity contribution in [2.45, 2.75) is 13.8 Å². The van der Waals surface area contributed by atoms with Crippen molar-refractivity contribution in [1.29, 1.82) is 0 Å². The molecule has 1 aromatic carbocycles. The van der Waals surface area contributed by atoms with Gasteiger partial charge in [0.25, 0.3) is 5.91 Å². The third-order valence-corrected chi connectivity index (χ3v) is 2.28. The molecule has 0 saturated carbocycles. The molecular weight excluding hydrogens is 222 g/mol. The summed E-state index contributed by atoms with van der Waals surface area (Å²) in [7, 11) is 0. The van der Waals surface area contributed by atoms with E-state index in [1.807, 2.05) is 19.9 Å². The van der Waals surface area contributed by atoms with Crippen LogP contribution < -0.4 is 16.4 Å². The maximum absolute atomic E-state index is 11.7. The third-order valence-electron chi connectivity index (χ3n) is 2.17. The summed E-state index contributed by atoms with van der Waals surface area (Å²) < 4.78 is 0. The molecule has 0 heterocycles. The Morgan fingerprint density at radius 2 is 2.19 bits per heavy atom. The first kappa shape index (κ1) is 12.4. The number of carbonyl (C=O) groups excluding carboxylic acids is 1. The van der Waals surface area contributed by atoms with Crippen LogP contribution in [0, 0.1) is 6.92 Å². The highest BCUT2D eigenvalue weighted by Crippen LogP contribution is 2.18. The molecule has 0 unspecified atom stereocenters. The van der Waals surface area contributed by atoms with Gasteiger partial charge in [-0.05, 0) is 43.8 Å². The SMILES string of the molecule is CCNC(=O)c1cccc(NC(N)=S)c1C. The fourth-order valence-electron chi connectivity index (χ4n) is 1.41. The number of nitrogens with two attached hydrogens (primary N) is 1. The van der Waals surface area contributed by atoms with E-state index in [9.17, 15) is 4.79 Å². The number of anilines is 1. The van der Waals surface area contributed by atoms with Crippen LogP contribution in [0.5, 0.6) is 0 Å². The Bertz CT molecular complexity index is 418. The van der Waals surface area contributed by atoms with E-state index in [0.717, 1.165) is 11.3 Å². The van der Waals surface area contributed by atoms with Crippen molar-refractivity contribution in [3.63, 3.8) is 0 Å². The molecular formula is C11H15N3OS. The summed E-state index contributed by atoms with van der Waals surface area (Å²) in [6, 6.07) is 5.39. The van der Waals surface area contributed by atoms with Gasteiger partial charge in [0.1, 0.15) is 0 Å². The monoisotopic (exact) mass is 237 g/mol. The lowest BCUT2D eigenvalue weighted by atomic mass is 10.1. The lowest BCUT2D eigenvalue weighted by Gasteiger charge is -2.11. The van der Waals surface area contributed by atoms with Crippen molar-refractivity contribution in [1.82, 2.24) is 5.32 Å². The van der Waals surface area contributed by atoms with Crippen molar-refractivity contribution < 1.29 is 4.79 Å². The van der Waals surface area contributed by atoms with E-state index in [4.69, 9.17) is 18.0 Å². The number of amides is 1.